The first-order valence-corrected chi connectivity index (χ1v) is 15.0. The largest absolute Gasteiger partial charge is 0.458 e. The molecule has 0 aromatic heterocycles. The van der Waals surface area contributed by atoms with Crippen molar-refractivity contribution in [3.8, 4) is 0 Å². The predicted molar refractivity (Wildman–Crippen MR) is 173 cm³/mol. The third-order valence-corrected chi connectivity index (χ3v) is 6.43. The first-order valence-electron chi connectivity index (χ1n) is 15.0. The van der Waals surface area contributed by atoms with E-state index >= 15 is 0 Å². The van der Waals surface area contributed by atoms with Crippen LogP contribution in [0.25, 0.3) is 6.08 Å². The monoisotopic (exact) mass is 607 g/mol. The summed E-state index contributed by atoms with van der Waals surface area (Å²) in [5.74, 6) is -1.60. The van der Waals surface area contributed by atoms with Gasteiger partial charge < -0.3 is 25.0 Å². The third-order valence-electron chi connectivity index (χ3n) is 6.43. The highest BCUT2D eigenvalue weighted by Gasteiger charge is 2.37. The van der Waals surface area contributed by atoms with Gasteiger partial charge in [-0.1, -0.05) is 75.0 Å². The van der Waals surface area contributed by atoms with Gasteiger partial charge in [-0.05, 0) is 76.6 Å². The van der Waals surface area contributed by atoms with E-state index in [4.69, 9.17) is 9.47 Å². The van der Waals surface area contributed by atoms with Crippen LogP contribution in [0, 0.1) is 5.92 Å². The summed E-state index contributed by atoms with van der Waals surface area (Å²) in [6.07, 6.45) is 1.42. The summed E-state index contributed by atoms with van der Waals surface area (Å²) < 4.78 is 11.1. The molecule has 9 heteroatoms. The van der Waals surface area contributed by atoms with Crippen molar-refractivity contribution in [1.29, 1.82) is 0 Å². The van der Waals surface area contributed by atoms with Crippen LogP contribution in [0.1, 0.15) is 84.5 Å². The molecule has 3 atom stereocenters. The van der Waals surface area contributed by atoms with Gasteiger partial charge in [-0.3, -0.25) is 9.59 Å². The molecule has 0 aliphatic carbocycles. The Morgan fingerprint density at radius 2 is 1.48 bits per heavy atom. The molecule has 3 amide bonds. The zero-order valence-corrected chi connectivity index (χ0v) is 27.6. The molecule has 2 N–H and O–H groups in total. The van der Waals surface area contributed by atoms with Crippen LogP contribution in [-0.4, -0.2) is 59.1 Å². The number of hydrogen-bond donors (Lipinski definition) is 2. The van der Waals surface area contributed by atoms with Gasteiger partial charge in [0.2, 0.25) is 11.8 Å². The molecule has 2 aromatic carbocycles. The number of nitrogens with one attached hydrogen (secondary N) is 2. The van der Waals surface area contributed by atoms with Crippen molar-refractivity contribution in [2.75, 3.05) is 7.05 Å². The smallest absolute Gasteiger partial charge is 0.408 e. The second kappa shape index (κ2) is 15.5. The van der Waals surface area contributed by atoms with Crippen molar-refractivity contribution in [1.82, 2.24) is 15.5 Å². The molecule has 0 aliphatic rings. The maximum Gasteiger partial charge on any atom is 0.408 e. The van der Waals surface area contributed by atoms with Crippen LogP contribution in [0.4, 0.5) is 4.79 Å². The number of benzene rings is 2. The van der Waals surface area contributed by atoms with Gasteiger partial charge in [-0.2, -0.15) is 0 Å². The molecule has 9 nitrogen and oxygen atoms in total. The molecule has 3 unspecified atom stereocenters. The maximum atomic E-state index is 14.2. The van der Waals surface area contributed by atoms with Gasteiger partial charge in [0.15, 0.2) is 0 Å². The van der Waals surface area contributed by atoms with Crippen molar-refractivity contribution in [2.45, 2.75) is 97.6 Å². The van der Waals surface area contributed by atoms with E-state index in [1.807, 2.05) is 50.2 Å². The summed E-state index contributed by atoms with van der Waals surface area (Å²) in [5, 5.41) is 5.56. The van der Waals surface area contributed by atoms with Crippen molar-refractivity contribution in [3.05, 3.63) is 77.9 Å². The normalized spacial score (nSPS) is 13.7. The minimum Gasteiger partial charge on any atom is -0.458 e. The molecule has 0 radical (unpaired) electrons. The van der Waals surface area contributed by atoms with E-state index in [9.17, 15) is 19.2 Å². The number of esters is 1. The molecule has 0 saturated carbocycles. The summed E-state index contributed by atoms with van der Waals surface area (Å²) in [5.41, 5.74) is 0.554. The summed E-state index contributed by atoms with van der Waals surface area (Å²) in [7, 11) is 1.51. The highest BCUT2D eigenvalue weighted by molar-refractivity contribution is 5.94. The number of ether oxygens (including phenoxy) is 2. The quantitative estimate of drug-likeness (QED) is 0.293. The molecule has 2 aromatic rings. The minimum absolute atomic E-state index is 0.0473. The van der Waals surface area contributed by atoms with E-state index in [0.29, 0.717) is 12.0 Å². The molecule has 0 spiro atoms. The molecule has 0 fully saturated rings. The first-order chi connectivity index (χ1) is 20.4. The van der Waals surface area contributed by atoms with Crippen molar-refractivity contribution >= 4 is 30.0 Å². The fourth-order valence-corrected chi connectivity index (χ4v) is 4.59. The zero-order chi connectivity index (χ0) is 33.2. The Balaban J connectivity index is 2.51. The molecule has 0 saturated heterocycles. The second-order valence-electron chi connectivity index (χ2n) is 13.3. The van der Waals surface area contributed by atoms with E-state index in [1.54, 1.807) is 65.8 Å². The van der Waals surface area contributed by atoms with E-state index in [2.05, 4.69) is 17.2 Å². The fourth-order valence-electron chi connectivity index (χ4n) is 4.59. The van der Waals surface area contributed by atoms with Crippen LogP contribution in [-0.2, 0) is 30.3 Å². The summed E-state index contributed by atoms with van der Waals surface area (Å²) in [6.45, 7) is 18.2. The third kappa shape index (κ3) is 11.9. The lowest BCUT2D eigenvalue weighted by Gasteiger charge is -2.33. The highest BCUT2D eigenvalue weighted by atomic mass is 16.6. The predicted octanol–water partition coefficient (Wildman–Crippen LogP) is 5.84. The number of carbonyl (C=O) groups is 4. The van der Waals surface area contributed by atoms with Gasteiger partial charge in [0, 0.05) is 13.5 Å². The van der Waals surface area contributed by atoms with Crippen LogP contribution >= 0.6 is 0 Å². The Morgan fingerprint density at radius 1 is 0.864 bits per heavy atom. The Kier molecular flexibility index (Phi) is 12.7. The number of nitrogens with zero attached hydrogens (tertiary/aromatic N) is 1. The number of alkyl carbamates (subject to hydrolysis) is 1. The average molecular weight is 608 g/mol. The number of carbonyl (C=O) groups excluding carboxylic acids is 4. The molecule has 0 aliphatic heterocycles. The Morgan fingerprint density at radius 3 is 2.02 bits per heavy atom. The number of rotatable bonds is 12. The lowest BCUT2D eigenvalue weighted by atomic mass is 9.98. The lowest BCUT2D eigenvalue weighted by Crippen LogP contribution is -2.54. The molecule has 0 heterocycles. The van der Waals surface area contributed by atoms with E-state index in [0.717, 1.165) is 11.1 Å². The van der Waals surface area contributed by atoms with E-state index in [1.165, 1.54) is 11.9 Å². The number of hydrogen-bond acceptors (Lipinski definition) is 6. The molecule has 240 valence electrons. The number of likely N-dealkylation sites (N-methyl/N-ethyl adjacent to an activating group) is 1. The Hall–Kier alpha value is -4.14. The average Bonchev–Trinajstić information content (AvgIpc) is 2.90. The first kappa shape index (κ1) is 36.1. The van der Waals surface area contributed by atoms with Crippen LogP contribution in [0.15, 0.2) is 61.2 Å². The Bertz CT molecular complexity index is 1290. The van der Waals surface area contributed by atoms with Crippen LogP contribution in [0.3, 0.4) is 0 Å². The molecule has 0 bridgehead atoms. The van der Waals surface area contributed by atoms with E-state index in [-0.39, 0.29) is 12.3 Å². The van der Waals surface area contributed by atoms with E-state index < -0.39 is 53.2 Å². The molecular weight excluding hydrogens is 558 g/mol. The molecule has 2 rings (SSSR count). The van der Waals surface area contributed by atoms with Crippen molar-refractivity contribution in [3.63, 3.8) is 0 Å². The van der Waals surface area contributed by atoms with Crippen LogP contribution in [0.2, 0.25) is 0 Å². The second-order valence-corrected chi connectivity index (χ2v) is 13.3. The standard InChI is InChI=1S/C35H49N3O6/c1-11-24-18-15-19-26(21-24)29(38(10)31(40)27(20-23(2)3)37-33(42)44-35(7,8)9)30(39)36-28(32(41)43-34(4,5)6)22-25-16-13-12-14-17-25/h11-19,21,23,27-29H,1,20,22H2,2-10H3,(H,36,39)(H,37,42). The van der Waals surface area contributed by atoms with Gasteiger partial charge in [0.25, 0.3) is 0 Å². The van der Waals surface area contributed by atoms with Crippen LogP contribution in [0.5, 0.6) is 0 Å². The highest BCUT2D eigenvalue weighted by Crippen LogP contribution is 2.25. The summed E-state index contributed by atoms with van der Waals surface area (Å²) in [4.78, 5) is 55.5. The van der Waals surface area contributed by atoms with Crippen molar-refractivity contribution < 1.29 is 28.7 Å². The Labute approximate surface area is 262 Å². The SMILES string of the molecule is C=Cc1cccc(C(C(=O)NC(Cc2ccccc2)C(=O)OC(C)(C)C)N(C)C(=O)C(CC(C)C)NC(=O)OC(C)(C)C)c1. The van der Waals surface area contributed by atoms with Crippen molar-refractivity contribution in [2.24, 2.45) is 5.92 Å². The topological polar surface area (TPSA) is 114 Å². The summed E-state index contributed by atoms with van der Waals surface area (Å²) >= 11 is 0. The molecular formula is C35H49N3O6. The fraction of sp³-hybridized carbons (Fsp3) is 0.486. The van der Waals surface area contributed by atoms with Gasteiger partial charge in [-0.15, -0.1) is 0 Å². The number of amides is 3. The lowest BCUT2D eigenvalue weighted by molar-refractivity contribution is -0.159. The minimum atomic E-state index is -1.14. The van der Waals surface area contributed by atoms with Gasteiger partial charge in [0.05, 0.1) is 0 Å². The van der Waals surface area contributed by atoms with Gasteiger partial charge >= 0.3 is 12.1 Å². The maximum absolute atomic E-state index is 14.2. The summed E-state index contributed by atoms with van der Waals surface area (Å²) in [6, 6.07) is 13.3. The van der Waals surface area contributed by atoms with Gasteiger partial charge in [0.1, 0.15) is 29.3 Å². The van der Waals surface area contributed by atoms with Gasteiger partial charge in [-0.25, -0.2) is 9.59 Å². The molecule has 44 heavy (non-hydrogen) atoms. The van der Waals surface area contributed by atoms with Crippen LogP contribution < -0.4 is 10.6 Å². The zero-order valence-electron chi connectivity index (χ0n) is 27.6.